The molecule has 88 valence electrons. The molecule has 0 amide bonds. The second kappa shape index (κ2) is 4.83. The van der Waals surface area contributed by atoms with Gasteiger partial charge in [-0.2, -0.15) is 5.26 Å². The Bertz CT molecular complexity index is 467. The standard InChI is InChI=1S/C12H13N3O2/c13-7-11-10(5-2-6-14-11)15-9-4-1-3-8(9)12(16)17/h2,5-6,8-9,15H,1,3-4H2,(H,16,17). The Morgan fingerprint density at radius 1 is 1.59 bits per heavy atom. The van der Waals surface area contributed by atoms with E-state index < -0.39 is 5.97 Å². The molecule has 5 nitrogen and oxygen atoms in total. The third-order valence-corrected chi connectivity index (χ3v) is 3.09. The van der Waals surface area contributed by atoms with Crippen molar-refractivity contribution in [2.45, 2.75) is 25.3 Å². The summed E-state index contributed by atoms with van der Waals surface area (Å²) in [5.74, 6) is -1.15. The number of nitrogens with one attached hydrogen (secondary N) is 1. The number of aliphatic carboxylic acids is 1. The lowest BCUT2D eigenvalue weighted by molar-refractivity contribution is -0.141. The number of pyridine rings is 1. The van der Waals surface area contributed by atoms with Crippen molar-refractivity contribution in [2.75, 3.05) is 5.32 Å². The van der Waals surface area contributed by atoms with Crippen molar-refractivity contribution < 1.29 is 9.90 Å². The number of aromatic nitrogens is 1. The van der Waals surface area contributed by atoms with Crippen LogP contribution in [0.3, 0.4) is 0 Å². The van der Waals surface area contributed by atoms with E-state index in [4.69, 9.17) is 10.4 Å². The van der Waals surface area contributed by atoms with Crippen molar-refractivity contribution in [1.82, 2.24) is 4.98 Å². The SMILES string of the molecule is N#Cc1ncccc1NC1CCCC1C(=O)O. The minimum atomic E-state index is -0.776. The predicted molar refractivity (Wildman–Crippen MR) is 61.3 cm³/mol. The molecule has 0 spiro atoms. The molecule has 2 unspecified atom stereocenters. The highest BCUT2D eigenvalue weighted by Gasteiger charge is 2.33. The summed E-state index contributed by atoms with van der Waals surface area (Å²) in [7, 11) is 0. The van der Waals surface area contributed by atoms with Crippen LogP contribution in [0.1, 0.15) is 25.0 Å². The Balaban J connectivity index is 2.15. The van der Waals surface area contributed by atoms with Crippen LogP contribution in [0.4, 0.5) is 5.69 Å². The van der Waals surface area contributed by atoms with Crippen LogP contribution in [0.25, 0.3) is 0 Å². The average Bonchev–Trinajstić information content (AvgIpc) is 2.78. The second-order valence-corrected chi connectivity index (χ2v) is 4.14. The van der Waals surface area contributed by atoms with Crippen LogP contribution < -0.4 is 5.32 Å². The molecule has 1 saturated carbocycles. The van der Waals surface area contributed by atoms with E-state index in [1.165, 1.54) is 0 Å². The van der Waals surface area contributed by atoms with E-state index >= 15 is 0 Å². The molecule has 17 heavy (non-hydrogen) atoms. The number of nitriles is 1. The third kappa shape index (κ3) is 2.36. The van der Waals surface area contributed by atoms with Gasteiger partial charge in [0.05, 0.1) is 11.6 Å². The van der Waals surface area contributed by atoms with Crippen molar-refractivity contribution in [3.05, 3.63) is 24.0 Å². The largest absolute Gasteiger partial charge is 0.481 e. The molecule has 1 heterocycles. The first-order chi connectivity index (χ1) is 8.22. The second-order valence-electron chi connectivity index (χ2n) is 4.14. The van der Waals surface area contributed by atoms with Gasteiger partial charge in [-0.05, 0) is 25.0 Å². The number of hydrogen-bond acceptors (Lipinski definition) is 4. The number of hydrogen-bond donors (Lipinski definition) is 2. The molecular weight excluding hydrogens is 218 g/mol. The maximum absolute atomic E-state index is 11.0. The Labute approximate surface area is 99.1 Å². The molecule has 1 aromatic heterocycles. The van der Waals surface area contributed by atoms with Crippen LogP contribution in [-0.2, 0) is 4.79 Å². The van der Waals surface area contributed by atoms with Gasteiger partial charge in [0.25, 0.3) is 0 Å². The fourth-order valence-corrected chi connectivity index (χ4v) is 2.24. The van der Waals surface area contributed by atoms with E-state index in [2.05, 4.69) is 10.3 Å². The fourth-order valence-electron chi connectivity index (χ4n) is 2.24. The van der Waals surface area contributed by atoms with Crippen LogP contribution in [0, 0.1) is 17.2 Å². The minimum Gasteiger partial charge on any atom is -0.481 e. The molecule has 2 rings (SSSR count). The Morgan fingerprint density at radius 2 is 2.41 bits per heavy atom. The van der Waals surface area contributed by atoms with Gasteiger partial charge in [-0.3, -0.25) is 4.79 Å². The normalized spacial score (nSPS) is 23.0. The van der Waals surface area contributed by atoms with E-state index in [0.717, 1.165) is 12.8 Å². The lowest BCUT2D eigenvalue weighted by Gasteiger charge is -2.19. The van der Waals surface area contributed by atoms with Gasteiger partial charge in [-0.1, -0.05) is 6.42 Å². The number of anilines is 1. The van der Waals surface area contributed by atoms with Gasteiger partial charge < -0.3 is 10.4 Å². The zero-order valence-electron chi connectivity index (χ0n) is 9.26. The van der Waals surface area contributed by atoms with Gasteiger partial charge in [-0.25, -0.2) is 4.98 Å². The summed E-state index contributed by atoms with van der Waals surface area (Å²) in [5.41, 5.74) is 0.927. The number of carboxylic acid groups (broad SMARTS) is 1. The molecule has 1 aliphatic carbocycles. The molecule has 1 aliphatic rings. The Hall–Kier alpha value is -2.09. The molecule has 0 saturated heterocycles. The van der Waals surface area contributed by atoms with E-state index in [1.54, 1.807) is 18.3 Å². The maximum Gasteiger partial charge on any atom is 0.308 e. The van der Waals surface area contributed by atoms with E-state index in [1.807, 2.05) is 6.07 Å². The first kappa shape index (κ1) is 11.4. The topological polar surface area (TPSA) is 86.0 Å². The predicted octanol–water partition coefficient (Wildman–Crippen LogP) is 1.62. The lowest BCUT2D eigenvalue weighted by Crippen LogP contribution is -2.30. The van der Waals surface area contributed by atoms with Crippen molar-refractivity contribution in [3.8, 4) is 6.07 Å². The van der Waals surface area contributed by atoms with Crippen LogP contribution >= 0.6 is 0 Å². The zero-order valence-corrected chi connectivity index (χ0v) is 9.26. The Kier molecular flexibility index (Phi) is 3.24. The monoisotopic (exact) mass is 231 g/mol. The molecule has 0 aliphatic heterocycles. The minimum absolute atomic E-state index is 0.108. The van der Waals surface area contributed by atoms with Crippen LogP contribution in [0.2, 0.25) is 0 Å². The third-order valence-electron chi connectivity index (χ3n) is 3.09. The van der Waals surface area contributed by atoms with Gasteiger partial charge in [0.15, 0.2) is 5.69 Å². The number of nitrogens with zero attached hydrogens (tertiary/aromatic N) is 2. The van der Waals surface area contributed by atoms with Gasteiger partial charge in [0.1, 0.15) is 6.07 Å². The van der Waals surface area contributed by atoms with E-state index in [9.17, 15) is 4.79 Å². The van der Waals surface area contributed by atoms with Crippen LogP contribution in [-0.4, -0.2) is 22.1 Å². The molecule has 2 atom stereocenters. The highest BCUT2D eigenvalue weighted by atomic mass is 16.4. The van der Waals surface area contributed by atoms with Crippen molar-refractivity contribution in [1.29, 1.82) is 5.26 Å². The summed E-state index contributed by atoms with van der Waals surface area (Å²) in [6.07, 6.45) is 3.95. The highest BCUT2D eigenvalue weighted by Crippen LogP contribution is 2.29. The van der Waals surface area contributed by atoms with E-state index in [-0.39, 0.29) is 12.0 Å². The molecule has 1 fully saturated rings. The number of rotatable bonds is 3. The first-order valence-electron chi connectivity index (χ1n) is 5.57. The summed E-state index contributed by atoms with van der Waals surface area (Å²) in [5, 5.41) is 21.1. The van der Waals surface area contributed by atoms with Crippen LogP contribution in [0.5, 0.6) is 0 Å². The number of carboxylic acids is 1. The van der Waals surface area contributed by atoms with Crippen molar-refractivity contribution in [3.63, 3.8) is 0 Å². The van der Waals surface area contributed by atoms with Crippen molar-refractivity contribution >= 4 is 11.7 Å². The summed E-state index contributed by atoms with van der Waals surface area (Å²) in [4.78, 5) is 15.0. The zero-order chi connectivity index (χ0) is 12.3. The molecule has 0 aromatic carbocycles. The quantitative estimate of drug-likeness (QED) is 0.825. The van der Waals surface area contributed by atoms with Gasteiger partial charge in [0, 0.05) is 12.2 Å². The fraction of sp³-hybridized carbons (Fsp3) is 0.417. The van der Waals surface area contributed by atoms with Gasteiger partial charge in [-0.15, -0.1) is 0 Å². The molecule has 0 bridgehead atoms. The molecule has 0 radical (unpaired) electrons. The molecular formula is C12H13N3O2. The number of carbonyl (C=O) groups is 1. The molecule has 2 N–H and O–H groups in total. The highest BCUT2D eigenvalue weighted by molar-refractivity contribution is 5.72. The van der Waals surface area contributed by atoms with Gasteiger partial charge >= 0.3 is 5.97 Å². The summed E-state index contributed by atoms with van der Waals surface area (Å²) >= 11 is 0. The van der Waals surface area contributed by atoms with E-state index in [0.29, 0.717) is 17.8 Å². The van der Waals surface area contributed by atoms with Gasteiger partial charge in [0.2, 0.25) is 0 Å². The maximum atomic E-state index is 11.0. The summed E-state index contributed by atoms with van der Waals surface area (Å²) < 4.78 is 0. The average molecular weight is 231 g/mol. The Morgan fingerprint density at radius 3 is 3.12 bits per heavy atom. The first-order valence-corrected chi connectivity index (χ1v) is 5.57. The van der Waals surface area contributed by atoms with Crippen LogP contribution in [0.15, 0.2) is 18.3 Å². The summed E-state index contributed by atoms with van der Waals surface area (Å²) in [6.45, 7) is 0. The smallest absolute Gasteiger partial charge is 0.308 e. The molecule has 1 aromatic rings. The lowest BCUT2D eigenvalue weighted by atomic mass is 10.0. The molecule has 5 heteroatoms. The van der Waals surface area contributed by atoms with Crippen molar-refractivity contribution in [2.24, 2.45) is 5.92 Å². The summed E-state index contributed by atoms with van der Waals surface area (Å²) in [6, 6.07) is 5.37.